The van der Waals surface area contributed by atoms with Crippen LogP contribution in [0.3, 0.4) is 0 Å². The third-order valence-corrected chi connectivity index (χ3v) is 11.3. The maximum absolute atomic E-state index is 12.8. The predicted molar refractivity (Wildman–Crippen MR) is 141 cm³/mol. The van der Waals surface area contributed by atoms with E-state index in [0.717, 1.165) is 42.7 Å². The van der Waals surface area contributed by atoms with Crippen LogP contribution in [-0.2, 0) is 16.0 Å². The second-order valence-electron chi connectivity index (χ2n) is 13.2. The van der Waals surface area contributed by atoms with Gasteiger partial charge in [-0.15, -0.1) is 0 Å². The zero-order valence-corrected chi connectivity index (χ0v) is 22.6. The number of hydrogen-bond donors (Lipinski definition) is 1. The lowest BCUT2D eigenvalue weighted by molar-refractivity contribution is -0.158. The van der Waals surface area contributed by atoms with E-state index >= 15 is 0 Å². The molecule has 1 aromatic rings. The number of piperidine rings is 1. The molecule has 0 aromatic heterocycles. The number of likely N-dealkylation sites (tertiary alicyclic amines) is 1. The van der Waals surface area contributed by atoms with Crippen LogP contribution < -0.4 is 5.32 Å². The van der Waals surface area contributed by atoms with Crippen LogP contribution in [0.2, 0.25) is 0 Å². The third kappa shape index (κ3) is 4.23. The van der Waals surface area contributed by atoms with E-state index in [9.17, 15) is 9.59 Å². The number of carbonyl (C=O) groups is 2. The van der Waals surface area contributed by atoms with Gasteiger partial charge in [-0.05, 0) is 96.5 Å². The summed E-state index contributed by atoms with van der Waals surface area (Å²) >= 11 is 0. The van der Waals surface area contributed by atoms with Gasteiger partial charge in [0.05, 0.1) is 6.42 Å². The topological polar surface area (TPSA) is 49.4 Å². The van der Waals surface area contributed by atoms with Gasteiger partial charge in [0.1, 0.15) is 0 Å². The number of rotatable bonds is 5. The Labute approximate surface area is 212 Å². The van der Waals surface area contributed by atoms with Crippen molar-refractivity contribution in [1.29, 1.82) is 0 Å². The lowest BCUT2D eigenvalue weighted by Gasteiger charge is -2.61. The number of fused-ring (bicyclic) bond motifs is 5. The number of nitrogens with zero attached hydrogens (tertiary/aromatic N) is 1. The van der Waals surface area contributed by atoms with Crippen LogP contribution in [0.1, 0.15) is 96.1 Å². The molecule has 1 saturated heterocycles. The molecule has 0 bridgehead atoms. The number of carbonyl (C=O) groups excluding carboxylic acids is 2. The maximum atomic E-state index is 12.8. The highest BCUT2D eigenvalue weighted by Crippen LogP contribution is 2.66. The predicted octanol–water partition coefficient (Wildman–Crippen LogP) is 5.95. The average Bonchev–Trinajstić information content (AvgIpc) is 3.17. The van der Waals surface area contributed by atoms with Crippen molar-refractivity contribution in [3.05, 3.63) is 35.4 Å². The van der Waals surface area contributed by atoms with Gasteiger partial charge in [-0.3, -0.25) is 9.59 Å². The molecule has 3 aliphatic carbocycles. The number of nitrogens with one attached hydrogen (secondary N) is 1. The summed E-state index contributed by atoms with van der Waals surface area (Å²) in [4.78, 5) is 27.3. The summed E-state index contributed by atoms with van der Waals surface area (Å²) in [7, 11) is 2.05. The standard InChI is InChI=1S/C31H46N2O2/c1-20(2)22-8-6-21(7-9-22)18-28(34)32-19-23-10-12-25-24-11-13-27-31(4,17-15-29(35)33(27)5)26(24)14-16-30(23,25)3/h6-9,20,23-27H,10-19H2,1-5H3,(H,32,34)/t23-,24+,25+,26+,27-,30-,31-/m1/s1. The minimum absolute atomic E-state index is 0.158. The van der Waals surface area contributed by atoms with E-state index in [4.69, 9.17) is 0 Å². The van der Waals surface area contributed by atoms with Crippen LogP contribution >= 0.6 is 0 Å². The lowest BCUT2D eigenvalue weighted by atomic mass is 9.47. The van der Waals surface area contributed by atoms with E-state index in [-0.39, 0.29) is 11.3 Å². The van der Waals surface area contributed by atoms with Gasteiger partial charge in [0.25, 0.3) is 0 Å². The summed E-state index contributed by atoms with van der Waals surface area (Å²) in [5, 5.41) is 3.32. The summed E-state index contributed by atoms with van der Waals surface area (Å²) in [5.41, 5.74) is 3.05. The molecule has 192 valence electrons. The van der Waals surface area contributed by atoms with Gasteiger partial charge < -0.3 is 10.2 Å². The maximum Gasteiger partial charge on any atom is 0.224 e. The highest BCUT2D eigenvalue weighted by atomic mass is 16.2. The highest BCUT2D eigenvalue weighted by Gasteiger charge is 2.60. The fourth-order valence-electron chi connectivity index (χ4n) is 9.10. The molecule has 1 N–H and O–H groups in total. The van der Waals surface area contributed by atoms with Crippen molar-refractivity contribution in [1.82, 2.24) is 10.2 Å². The Morgan fingerprint density at radius 3 is 2.43 bits per heavy atom. The van der Waals surface area contributed by atoms with E-state index in [1.165, 1.54) is 44.1 Å². The van der Waals surface area contributed by atoms with Gasteiger partial charge in [-0.25, -0.2) is 0 Å². The fourth-order valence-corrected chi connectivity index (χ4v) is 9.10. The van der Waals surface area contributed by atoms with Crippen molar-refractivity contribution in [3.8, 4) is 0 Å². The molecule has 3 saturated carbocycles. The zero-order chi connectivity index (χ0) is 25.0. The summed E-state index contributed by atoms with van der Waals surface area (Å²) in [6.45, 7) is 10.3. The molecule has 2 amide bonds. The monoisotopic (exact) mass is 478 g/mol. The molecule has 4 nitrogen and oxygen atoms in total. The Morgan fingerprint density at radius 1 is 1.00 bits per heavy atom. The van der Waals surface area contributed by atoms with Gasteiger partial charge in [-0.1, -0.05) is 52.0 Å². The molecular formula is C31H46N2O2. The fraction of sp³-hybridized carbons (Fsp3) is 0.742. The van der Waals surface area contributed by atoms with Crippen LogP contribution in [0.5, 0.6) is 0 Å². The van der Waals surface area contributed by atoms with Crippen molar-refractivity contribution >= 4 is 11.8 Å². The Bertz CT molecular complexity index is 955. The molecule has 0 radical (unpaired) electrons. The van der Waals surface area contributed by atoms with Crippen LogP contribution in [0.4, 0.5) is 0 Å². The first-order chi connectivity index (χ1) is 16.6. The normalized spacial score (nSPS) is 38.6. The Balaban J connectivity index is 1.21. The number of hydrogen-bond acceptors (Lipinski definition) is 2. The van der Waals surface area contributed by atoms with E-state index in [1.807, 2.05) is 7.05 Å². The molecule has 1 aromatic carbocycles. The summed E-state index contributed by atoms with van der Waals surface area (Å²) in [5.74, 6) is 3.91. The van der Waals surface area contributed by atoms with Gasteiger partial charge in [-0.2, -0.15) is 0 Å². The molecule has 7 atom stereocenters. The Kier molecular flexibility index (Phi) is 6.55. The largest absolute Gasteiger partial charge is 0.356 e. The average molecular weight is 479 g/mol. The first kappa shape index (κ1) is 24.8. The molecule has 4 heteroatoms. The van der Waals surface area contributed by atoms with Gasteiger partial charge in [0.2, 0.25) is 11.8 Å². The quantitative estimate of drug-likeness (QED) is 0.569. The summed E-state index contributed by atoms with van der Waals surface area (Å²) in [6.07, 6.45) is 9.83. The Hall–Kier alpha value is -1.84. The van der Waals surface area contributed by atoms with Crippen molar-refractivity contribution in [3.63, 3.8) is 0 Å². The van der Waals surface area contributed by atoms with E-state index < -0.39 is 0 Å². The molecular weight excluding hydrogens is 432 g/mol. The molecule has 5 rings (SSSR count). The van der Waals surface area contributed by atoms with E-state index in [0.29, 0.717) is 35.6 Å². The second kappa shape index (κ2) is 9.23. The summed E-state index contributed by atoms with van der Waals surface area (Å²) in [6, 6.07) is 8.96. The smallest absolute Gasteiger partial charge is 0.224 e. The Morgan fingerprint density at radius 2 is 1.71 bits per heavy atom. The molecule has 1 heterocycles. The van der Waals surface area contributed by atoms with E-state index in [1.54, 1.807) is 0 Å². The van der Waals surface area contributed by atoms with Crippen molar-refractivity contribution < 1.29 is 9.59 Å². The van der Waals surface area contributed by atoms with Crippen LogP contribution in [-0.4, -0.2) is 36.3 Å². The minimum Gasteiger partial charge on any atom is -0.356 e. The zero-order valence-electron chi connectivity index (χ0n) is 22.6. The second-order valence-corrected chi connectivity index (χ2v) is 13.2. The SMILES string of the molecule is CC(C)c1ccc(CC(=O)NC[C@H]2CC[C@H]3[C@@H]4CC[C@H]5N(C)C(=O)CC[C@]5(C)[C@H]4CC[C@]23C)cc1. The van der Waals surface area contributed by atoms with Gasteiger partial charge in [0, 0.05) is 26.1 Å². The molecule has 4 fully saturated rings. The first-order valence-corrected chi connectivity index (χ1v) is 14.2. The molecule has 0 spiro atoms. The van der Waals surface area contributed by atoms with Crippen molar-refractivity contribution in [2.45, 2.75) is 97.4 Å². The van der Waals surface area contributed by atoms with E-state index in [2.05, 4.69) is 62.2 Å². The van der Waals surface area contributed by atoms with Crippen LogP contribution in [0.15, 0.2) is 24.3 Å². The van der Waals surface area contributed by atoms with Crippen molar-refractivity contribution in [2.75, 3.05) is 13.6 Å². The van der Waals surface area contributed by atoms with Gasteiger partial charge >= 0.3 is 0 Å². The highest BCUT2D eigenvalue weighted by molar-refractivity contribution is 5.78. The molecule has 35 heavy (non-hydrogen) atoms. The molecule has 1 aliphatic heterocycles. The van der Waals surface area contributed by atoms with Crippen molar-refractivity contribution in [2.24, 2.45) is 34.5 Å². The third-order valence-electron chi connectivity index (χ3n) is 11.3. The minimum atomic E-state index is 0.158. The van der Waals surface area contributed by atoms with Crippen LogP contribution in [0, 0.1) is 34.5 Å². The number of benzene rings is 1. The van der Waals surface area contributed by atoms with Crippen LogP contribution in [0.25, 0.3) is 0 Å². The lowest BCUT2D eigenvalue weighted by Crippen LogP contribution is -2.61. The molecule has 4 aliphatic rings. The summed E-state index contributed by atoms with van der Waals surface area (Å²) < 4.78 is 0. The number of amides is 2. The molecule has 0 unspecified atom stereocenters. The first-order valence-electron chi connectivity index (χ1n) is 14.2. The van der Waals surface area contributed by atoms with Gasteiger partial charge in [0.15, 0.2) is 0 Å².